The van der Waals surface area contributed by atoms with Gasteiger partial charge in [-0.15, -0.1) is 0 Å². The van der Waals surface area contributed by atoms with E-state index >= 15 is 0 Å². The molecule has 2 bridgehead atoms. The molecule has 1 heterocycles. The SMILES string of the molecule is CN(CC1CC2CCC1C2)S(=O)(=O)c1ccc(CO)cn1. The Morgan fingerprint density at radius 2 is 2.14 bits per heavy atom. The van der Waals surface area contributed by atoms with Gasteiger partial charge in [0.1, 0.15) is 0 Å². The number of rotatable bonds is 5. The highest BCUT2D eigenvalue weighted by atomic mass is 32.2. The number of aromatic nitrogens is 1. The second-order valence-electron chi connectivity index (χ2n) is 6.38. The van der Waals surface area contributed by atoms with Gasteiger partial charge in [0.15, 0.2) is 5.03 Å². The van der Waals surface area contributed by atoms with Crippen molar-refractivity contribution in [2.75, 3.05) is 13.6 Å². The summed E-state index contributed by atoms with van der Waals surface area (Å²) in [5.41, 5.74) is 0.615. The topological polar surface area (TPSA) is 70.5 Å². The molecule has 3 unspecified atom stereocenters. The van der Waals surface area contributed by atoms with Gasteiger partial charge in [0, 0.05) is 19.8 Å². The molecule has 6 heteroatoms. The highest BCUT2D eigenvalue weighted by molar-refractivity contribution is 7.89. The van der Waals surface area contributed by atoms with Gasteiger partial charge in [0.2, 0.25) is 0 Å². The highest BCUT2D eigenvalue weighted by Gasteiger charge is 2.41. The quantitative estimate of drug-likeness (QED) is 0.897. The zero-order chi connectivity index (χ0) is 15.0. The van der Waals surface area contributed by atoms with Crippen LogP contribution in [0, 0.1) is 17.8 Å². The first-order valence-corrected chi connectivity index (χ1v) is 8.97. The van der Waals surface area contributed by atoms with Gasteiger partial charge in [-0.1, -0.05) is 12.5 Å². The Bertz CT molecular complexity index is 600. The third-order valence-electron chi connectivity index (χ3n) is 5.03. The summed E-state index contributed by atoms with van der Waals surface area (Å²) in [6, 6.07) is 3.07. The molecule has 3 atom stereocenters. The number of hydrogen-bond donors (Lipinski definition) is 1. The minimum Gasteiger partial charge on any atom is -0.392 e. The monoisotopic (exact) mass is 310 g/mol. The molecule has 0 amide bonds. The summed E-state index contributed by atoms with van der Waals surface area (Å²) in [5.74, 6) is 2.02. The van der Waals surface area contributed by atoms with Crippen LogP contribution < -0.4 is 0 Å². The zero-order valence-corrected chi connectivity index (χ0v) is 13.1. The third-order valence-corrected chi connectivity index (χ3v) is 6.77. The Hall–Kier alpha value is -0.980. The Labute approximate surface area is 126 Å². The summed E-state index contributed by atoms with van der Waals surface area (Å²) in [4.78, 5) is 3.98. The molecule has 0 aliphatic heterocycles. The predicted molar refractivity (Wildman–Crippen MR) is 78.9 cm³/mol. The lowest BCUT2D eigenvalue weighted by Gasteiger charge is -2.26. The van der Waals surface area contributed by atoms with Crippen molar-refractivity contribution in [3.63, 3.8) is 0 Å². The van der Waals surface area contributed by atoms with E-state index < -0.39 is 10.0 Å². The van der Waals surface area contributed by atoms with Crippen molar-refractivity contribution in [1.29, 1.82) is 0 Å². The molecule has 116 valence electrons. The zero-order valence-electron chi connectivity index (χ0n) is 12.3. The number of nitrogens with zero attached hydrogens (tertiary/aromatic N) is 2. The van der Waals surface area contributed by atoms with Gasteiger partial charge in [-0.2, -0.15) is 4.31 Å². The van der Waals surface area contributed by atoms with Gasteiger partial charge in [-0.3, -0.25) is 0 Å². The van der Waals surface area contributed by atoms with E-state index in [4.69, 9.17) is 5.11 Å². The van der Waals surface area contributed by atoms with Crippen LogP contribution in [-0.4, -0.2) is 36.4 Å². The third kappa shape index (κ3) is 2.84. The highest BCUT2D eigenvalue weighted by Crippen LogP contribution is 2.48. The minimum absolute atomic E-state index is 0.0605. The van der Waals surface area contributed by atoms with Gasteiger partial charge < -0.3 is 5.11 Å². The molecular weight excluding hydrogens is 288 g/mol. The predicted octanol–water partition coefficient (Wildman–Crippen LogP) is 1.63. The summed E-state index contributed by atoms with van der Waals surface area (Å²) >= 11 is 0. The number of aliphatic hydroxyl groups is 1. The van der Waals surface area contributed by atoms with E-state index in [2.05, 4.69) is 4.98 Å². The molecule has 2 aliphatic carbocycles. The van der Waals surface area contributed by atoms with Crippen molar-refractivity contribution in [2.45, 2.75) is 37.3 Å². The van der Waals surface area contributed by atoms with Crippen molar-refractivity contribution in [3.8, 4) is 0 Å². The molecular formula is C15H22N2O3S. The Morgan fingerprint density at radius 3 is 2.67 bits per heavy atom. The smallest absolute Gasteiger partial charge is 0.260 e. The molecule has 1 N–H and O–H groups in total. The van der Waals surface area contributed by atoms with Crippen LogP contribution in [0.1, 0.15) is 31.2 Å². The minimum atomic E-state index is -3.53. The summed E-state index contributed by atoms with van der Waals surface area (Å²) in [7, 11) is -1.89. The molecule has 0 radical (unpaired) electrons. The molecule has 0 spiro atoms. The first-order chi connectivity index (χ1) is 10.0. The largest absolute Gasteiger partial charge is 0.392 e. The lowest BCUT2D eigenvalue weighted by molar-refractivity contribution is 0.279. The average Bonchev–Trinajstić information content (AvgIpc) is 3.09. The fraction of sp³-hybridized carbons (Fsp3) is 0.667. The van der Waals surface area contributed by atoms with Crippen molar-refractivity contribution < 1.29 is 13.5 Å². The van der Waals surface area contributed by atoms with Crippen molar-refractivity contribution >= 4 is 10.0 Å². The van der Waals surface area contributed by atoms with E-state index in [0.717, 1.165) is 5.92 Å². The maximum atomic E-state index is 12.5. The van der Waals surface area contributed by atoms with Crippen LogP contribution in [0.5, 0.6) is 0 Å². The van der Waals surface area contributed by atoms with E-state index in [1.54, 1.807) is 13.1 Å². The van der Waals surface area contributed by atoms with Gasteiger partial charge in [-0.05, 0) is 48.6 Å². The molecule has 0 saturated heterocycles. The summed E-state index contributed by atoms with van der Waals surface area (Å²) < 4.78 is 26.5. The van der Waals surface area contributed by atoms with Crippen LogP contribution in [0.3, 0.4) is 0 Å². The van der Waals surface area contributed by atoms with Gasteiger partial charge in [0.05, 0.1) is 6.61 Å². The van der Waals surface area contributed by atoms with E-state index in [0.29, 0.717) is 23.9 Å². The van der Waals surface area contributed by atoms with Crippen molar-refractivity contribution in [1.82, 2.24) is 9.29 Å². The molecule has 5 nitrogen and oxygen atoms in total. The van der Waals surface area contributed by atoms with Crippen LogP contribution >= 0.6 is 0 Å². The fourth-order valence-electron chi connectivity index (χ4n) is 3.85. The van der Waals surface area contributed by atoms with Crippen LogP contribution in [0.4, 0.5) is 0 Å². The van der Waals surface area contributed by atoms with Crippen LogP contribution in [0.15, 0.2) is 23.4 Å². The maximum Gasteiger partial charge on any atom is 0.260 e. The molecule has 0 aromatic carbocycles. The molecule has 1 aromatic rings. The van der Waals surface area contributed by atoms with Gasteiger partial charge >= 0.3 is 0 Å². The molecule has 2 saturated carbocycles. The summed E-state index contributed by atoms with van der Waals surface area (Å²) in [6.07, 6.45) is 6.44. The second kappa shape index (κ2) is 5.66. The second-order valence-corrected chi connectivity index (χ2v) is 8.38. The lowest BCUT2D eigenvalue weighted by atomic mass is 9.89. The van der Waals surface area contributed by atoms with E-state index in [9.17, 15) is 8.42 Å². The van der Waals surface area contributed by atoms with E-state index in [1.165, 1.54) is 42.3 Å². The molecule has 21 heavy (non-hydrogen) atoms. The first kappa shape index (κ1) is 14.9. The Balaban J connectivity index is 1.71. The van der Waals surface area contributed by atoms with E-state index in [-0.39, 0.29) is 11.6 Å². The number of pyridine rings is 1. The van der Waals surface area contributed by atoms with Gasteiger partial charge in [-0.25, -0.2) is 13.4 Å². The van der Waals surface area contributed by atoms with Crippen molar-refractivity contribution in [3.05, 3.63) is 23.9 Å². The standard InChI is InChI=1S/C15H22N2O3S/c1-17(9-14-7-11-2-4-13(14)6-11)21(19,20)15-5-3-12(10-18)8-16-15/h3,5,8,11,13-14,18H,2,4,6-7,9-10H2,1H3. The van der Waals surface area contributed by atoms with Crippen LogP contribution in [0.25, 0.3) is 0 Å². The number of sulfonamides is 1. The molecule has 2 fully saturated rings. The molecule has 1 aromatic heterocycles. The summed E-state index contributed by atoms with van der Waals surface area (Å²) in [6.45, 7) is 0.460. The average molecular weight is 310 g/mol. The Morgan fingerprint density at radius 1 is 1.33 bits per heavy atom. The molecule has 2 aliphatic rings. The van der Waals surface area contributed by atoms with E-state index in [1.807, 2.05) is 0 Å². The maximum absolute atomic E-state index is 12.5. The lowest BCUT2D eigenvalue weighted by Crippen LogP contribution is -2.34. The Kier molecular flexibility index (Phi) is 4.03. The molecule has 3 rings (SSSR count). The number of fused-ring (bicyclic) bond motifs is 2. The van der Waals surface area contributed by atoms with Gasteiger partial charge in [0.25, 0.3) is 10.0 Å². The van der Waals surface area contributed by atoms with Crippen LogP contribution in [-0.2, 0) is 16.6 Å². The normalized spacial score (nSPS) is 28.4. The number of hydrogen-bond acceptors (Lipinski definition) is 4. The number of aliphatic hydroxyl groups excluding tert-OH is 1. The van der Waals surface area contributed by atoms with Crippen molar-refractivity contribution in [2.24, 2.45) is 17.8 Å². The first-order valence-electron chi connectivity index (χ1n) is 7.53. The fourth-order valence-corrected chi connectivity index (χ4v) is 4.98. The summed E-state index contributed by atoms with van der Waals surface area (Å²) in [5, 5.41) is 9.05. The van der Waals surface area contributed by atoms with Crippen LogP contribution in [0.2, 0.25) is 0 Å².